The van der Waals surface area contributed by atoms with Gasteiger partial charge in [-0.25, -0.2) is 0 Å². The minimum absolute atomic E-state index is 0.269. The summed E-state index contributed by atoms with van der Waals surface area (Å²) >= 11 is 0. The van der Waals surface area contributed by atoms with Crippen LogP contribution in [0, 0.1) is 6.92 Å². The lowest BCUT2D eigenvalue weighted by atomic mass is 10.0. The third-order valence-corrected chi connectivity index (χ3v) is 2.70. The van der Waals surface area contributed by atoms with Gasteiger partial charge in [0.25, 0.3) is 0 Å². The summed E-state index contributed by atoms with van der Waals surface area (Å²) in [5.41, 5.74) is 8.46. The van der Waals surface area contributed by atoms with Crippen molar-refractivity contribution in [2.45, 2.75) is 25.9 Å². The molecule has 0 aliphatic heterocycles. The minimum Gasteiger partial charge on any atom is -0.313 e. The number of nitrogens with zero attached hydrogens (tertiary/aromatic N) is 1. The topological polar surface area (TPSA) is 29.3 Å². The minimum atomic E-state index is -0.269. The van der Waals surface area contributed by atoms with Crippen molar-refractivity contribution in [2.75, 3.05) is 14.1 Å². The predicted octanol–water partition coefficient (Wildman–Crippen LogP) is 1.77. The Morgan fingerprint density at radius 3 is 2.14 bits per heavy atom. The average molecular weight is 192 g/mol. The van der Waals surface area contributed by atoms with Crippen LogP contribution in [0.3, 0.4) is 0 Å². The number of aryl methyl sites for hydroxylation is 1. The highest BCUT2D eigenvalue weighted by Gasteiger charge is 2.20. The molecule has 2 N–H and O–H groups in total. The van der Waals surface area contributed by atoms with Crippen LogP contribution in [0.4, 0.5) is 0 Å². The zero-order valence-corrected chi connectivity index (χ0v) is 9.54. The van der Waals surface area contributed by atoms with Crippen LogP contribution in [0.1, 0.15) is 18.1 Å². The molecule has 0 saturated carbocycles. The molecule has 0 spiro atoms. The molecule has 0 radical (unpaired) electrons. The monoisotopic (exact) mass is 192 g/mol. The maximum atomic E-state index is 6.16. The van der Waals surface area contributed by atoms with Crippen molar-refractivity contribution in [3.05, 3.63) is 35.4 Å². The van der Waals surface area contributed by atoms with Crippen molar-refractivity contribution in [2.24, 2.45) is 5.73 Å². The van der Waals surface area contributed by atoms with Gasteiger partial charge in [0.15, 0.2) is 0 Å². The Morgan fingerprint density at radius 2 is 1.71 bits per heavy atom. The zero-order chi connectivity index (χ0) is 10.8. The molecule has 0 heterocycles. The average Bonchev–Trinajstić information content (AvgIpc) is 2.08. The van der Waals surface area contributed by atoms with E-state index in [0.29, 0.717) is 0 Å². The molecule has 14 heavy (non-hydrogen) atoms. The number of hydrogen-bond acceptors (Lipinski definition) is 2. The first-order chi connectivity index (χ1) is 6.42. The van der Waals surface area contributed by atoms with Crippen LogP contribution in [0.25, 0.3) is 0 Å². The third-order valence-electron chi connectivity index (χ3n) is 2.70. The molecule has 0 aromatic heterocycles. The summed E-state index contributed by atoms with van der Waals surface area (Å²) < 4.78 is 0. The SMILES string of the molecule is Cc1ccc(CC(C)(N)N(C)C)cc1. The van der Waals surface area contributed by atoms with Crippen molar-refractivity contribution in [3.8, 4) is 0 Å². The van der Waals surface area contributed by atoms with Gasteiger partial charge in [-0.1, -0.05) is 29.8 Å². The highest BCUT2D eigenvalue weighted by molar-refractivity contribution is 5.22. The van der Waals surface area contributed by atoms with Gasteiger partial charge in [-0.3, -0.25) is 4.90 Å². The standard InChI is InChI=1S/C12H20N2/c1-10-5-7-11(8-6-10)9-12(2,13)14(3)4/h5-8H,9,13H2,1-4H3. The summed E-state index contributed by atoms with van der Waals surface area (Å²) in [5, 5.41) is 0. The van der Waals surface area contributed by atoms with Crippen LogP contribution >= 0.6 is 0 Å². The Hall–Kier alpha value is -0.860. The Kier molecular flexibility index (Phi) is 3.29. The number of rotatable bonds is 3. The molecule has 0 saturated heterocycles. The van der Waals surface area contributed by atoms with Gasteiger partial charge < -0.3 is 5.73 Å². The highest BCUT2D eigenvalue weighted by atomic mass is 15.2. The second-order valence-corrected chi connectivity index (χ2v) is 4.41. The summed E-state index contributed by atoms with van der Waals surface area (Å²) in [5.74, 6) is 0. The van der Waals surface area contributed by atoms with Crippen LogP contribution in [0.5, 0.6) is 0 Å². The second-order valence-electron chi connectivity index (χ2n) is 4.41. The lowest BCUT2D eigenvalue weighted by Gasteiger charge is -2.32. The quantitative estimate of drug-likeness (QED) is 0.740. The Morgan fingerprint density at radius 1 is 1.21 bits per heavy atom. The summed E-state index contributed by atoms with van der Waals surface area (Å²) in [7, 11) is 4.02. The molecule has 1 atom stereocenters. The van der Waals surface area contributed by atoms with E-state index in [9.17, 15) is 0 Å². The molecule has 0 aliphatic carbocycles. The summed E-state index contributed by atoms with van der Waals surface area (Å²) in [6, 6.07) is 8.54. The third kappa shape index (κ3) is 2.82. The molecule has 2 nitrogen and oxygen atoms in total. The molecule has 0 fully saturated rings. The van der Waals surface area contributed by atoms with Crippen molar-refractivity contribution in [1.82, 2.24) is 4.90 Å². The molecule has 0 amide bonds. The molecule has 0 aliphatic rings. The number of nitrogens with two attached hydrogens (primary N) is 1. The lowest BCUT2D eigenvalue weighted by molar-refractivity contribution is 0.180. The number of benzene rings is 1. The Balaban J connectivity index is 2.74. The van der Waals surface area contributed by atoms with E-state index in [-0.39, 0.29) is 5.66 Å². The highest BCUT2D eigenvalue weighted by Crippen LogP contribution is 2.13. The van der Waals surface area contributed by atoms with E-state index < -0.39 is 0 Å². The van der Waals surface area contributed by atoms with Crippen LogP contribution < -0.4 is 5.73 Å². The fourth-order valence-corrected chi connectivity index (χ4v) is 1.28. The second kappa shape index (κ2) is 4.11. The van der Waals surface area contributed by atoms with E-state index in [1.807, 2.05) is 25.9 Å². The zero-order valence-electron chi connectivity index (χ0n) is 9.54. The van der Waals surface area contributed by atoms with Gasteiger partial charge in [-0.2, -0.15) is 0 Å². The van der Waals surface area contributed by atoms with Gasteiger partial charge >= 0.3 is 0 Å². The van der Waals surface area contributed by atoms with E-state index in [1.165, 1.54) is 11.1 Å². The molecular weight excluding hydrogens is 172 g/mol. The number of hydrogen-bond donors (Lipinski definition) is 1. The Labute approximate surface area is 86.7 Å². The lowest BCUT2D eigenvalue weighted by Crippen LogP contribution is -2.51. The molecule has 1 aromatic rings. The molecule has 0 bridgehead atoms. The van der Waals surface area contributed by atoms with E-state index in [4.69, 9.17) is 5.73 Å². The summed E-state index contributed by atoms with van der Waals surface area (Å²) in [4.78, 5) is 2.05. The van der Waals surface area contributed by atoms with Crippen LogP contribution in [-0.2, 0) is 6.42 Å². The first kappa shape index (κ1) is 11.2. The molecule has 1 aromatic carbocycles. The molecular formula is C12H20N2. The van der Waals surface area contributed by atoms with Gasteiger partial charge in [-0.15, -0.1) is 0 Å². The van der Waals surface area contributed by atoms with Crippen molar-refractivity contribution >= 4 is 0 Å². The maximum Gasteiger partial charge on any atom is 0.0694 e. The van der Waals surface area contributed by atoms with Crippen LogP contribution in [0.2, 0.25) is 0 Å². The fourth-order valence-electron chi connectivity index (χ4n) is 1.28. The van der Waals surface area contributed by atoms with Crippen molar-refractivity contribution < 1.29 is 0 Å². The van der Waals surface area contributed by atoms with Gasteiger partial charge in [-0.05, 0) is 33.5 Å². The van der Waals surface area contributed by atoms with Crippen LogP contribution in [-0.4, -0.2) is 24.7 Å². The molecule has 2 heteroatoms. The van der Waals surface area contributed by atoms with Gasteiger partial charge in [0.1, 0.15) is 0 Å². The largest absolute Gasteiger partial charge is 0.313 e. The van der Waals surface area contributed by atoms with Crippen molar-refractivity contribution in [3.63, 3.8) is 0 Å². The van der Waals surface area contributed by atoms with Crippen LogP contribution in [0.15, 0.2) is 24.3 Å². The van der Waals surface area contributed by atoms with E-state index >= 15 is 0 Å². The first-order valence-electron chi connectivity index (χ1n) is 4.94. The van der Waals surface area contributed by atoms with E-state index in [1.54, 1.807) is 0 Å². The predicted molar refractivity (Wildman–Crippen MR) is 61.2 cm³/mol. The first-order valence-corrected chi connectivity index (χ1v) is 4.94. The molecule has 1 rings (SSSR count). The fraction of sp³-hybridized carbons (Fsp3) is 0.500. The number of likely N-dealkylation sites (N-methyl/N-ethyl adjacent to an activating group) is 1. The Bertz CT molecular complexity index is 286. The van der Waals surface area contributed by atoms with Gasteiger partial charge in [0, 0.05) is 6.42 Å². The van der Waals surface area contributed by atoms with Gasteiger partial charge in [0.05, 0.1) is 5.66 Å². The molecule has 78 valence electrons. The van der Waals surface area contributed by atoms with Gasteiger partial charge in [0.2, 0.25) is 0 Å². The molecule has 1 unspecified atom stereocenters. The van der Waals surface area contributed by atoms with E-state index in [2.05, 4.69) is 31.2 Å². The normalized spacial score (nSPS) is 15.6. The maximum absolute atomic E-state index is 6.16. The summed E-state index contributed by atoms with van der Waals surface area (Å²) in [6.07, 6.45) is 0.875. The summed E-state index contributed by atoms with van der Waals surface area (Å²) in [6.45, 7) is 4.14. The van der Waals surface area contributed by atoms with Crippen molar-refractivity contribution in [1.29, 1.82) is 0 Å². The van der Waals surface area contributed by atoms with E-state index in [0.717, 1.165) is 6.42 Å². The smallest absolute Gasteiger partial charge is 0.0694 e.